The van der Waals surface area contributed by atoms with Gasteiger partial charge in [0.15, 0.2) is 5.78 Å². The van der Waals surface area contributed by atoms with Crippen molar-refractivity contribution >= 4 is 23.3 Å². The molecular formula is C22H16FN3O5. The summed E-state index contributed by atoms with van der Waals surface area (Å²) in [6.07, 6.45) is 0. The number of carbonyl (C=O) groups excluding carboxylic acids is 3. The predicted molar refractivity (Wildman–Crippen MR) is 108 cm³/mol. The topological polar surface area (TPSA) is 103 Å². The highest BCUT2D eigenvalue weighted by atomic mass is 19.1. The van der Waals surface area contributed by atoms with Crippen molar-refractivity contribution in [1.29, 1.82) is 0 Å². The molecule has 0 radical (unpaired) electrons. The summed E-state index contributed by atoms with van der Waals surface area (Å²) in [6.45, 7) is 2.94. The molecular weight excluding hydrogens is 405 g/mol. The van der Waals surface area contributed by atoms with Crippen LogP contribution in [0.4, 0.5) is 10.1 Å². The van der Waals surface area contributed by atoms with Gasteiger partial charge in [-0.15, -0.1) is 0 Å². The SMILES string of the molecule is Cc1cc(C(=O)CN2C(=O)c3ccc([N+](=O)[O-])cc3C2=O)c(C)n1-c1cccc(F)c1. The van der Waals surface area contributed by atoms with Crippen LogP contribution in [-0.4, -0.2) is 38.5 Å². The molecule has 9 heteroatoms. The van der Waals surface area contributed by atoms with Crippen molar-refractivity contribution in [2.45, 2.75) is 13.8 Å². The first-order valence-corrected chi connectivity index (χ1v) is 9.31. The summed E-state index contributed by atoms with van der Waals surface area (Å²) in [7, 11) is 0. The summed E-state index contributed by atoms with van der Waals surface area (Å²) in [6, 6.07) is 10.9. The van der Waals surface area contributed by atoms with Gasteiger partial charge in [0.25, 0.3) is 17.5 Å². The third kappa shape index (κ3) is 3.29. The number of rotatable bonds is 5. The molecule has 0 bridgehead atoms. The number of hydrogen-bond acceptors (Lipinski definition) is 5. The molecule has 0 N–H and O–H groups in total. The van der Waals surface area contributed by atoms with Gasteiger partial charge in [-0.2, -0.15) is 0 Å². The Morgan fingerprint density at radius 2 is 1.74 bits per heavy atom. The van der Waals surface area contributed by atoms with E-state index in [1.165, 1.54) is 18.2 Å². The average Bonchev–Trinajstić information content (AvgIpc) is 3.15. The lowest BCUT2D eigenvalue weighted by atomic mass is 10.1. The summed E-state index contributed by atoms with van der Waals surface area (Å²) in [5.41, 5.74) is 1.67. The first-order valence-electron chi connectivity index (χ1n) is 9.31. The predicted octanol–water partition coefficient (Wildman–Crippen LogP) is 3.62. The minimum Gasteiger partial charge on any atom is -0.318 e. The van der Waals surface area contributed by atoms with Crippen molar-refractivity contribution < 1.29 is 23.7 Å². The average molecular weight is 421 g/mol. The number of halogens is 1. The third-order valence-electron chi connectivity index (χ3n) is 5.26. The second-order valence-electron chi connectivity index (χ2n) is 7.21. The summed E-state index contributed by atoms with van der Waals surface area (Å²) >= 11 is 0. The van der Waals surface area contributed by atoms with Crippen LogP contribution < -0.4 is 0 Å². The van der Waals surface area contributed by atoms with E-state index in [0.29, 0.717) is 22.6 Å². The highest BCUT2D eigenvalue weighted by molar-refractivity contribution is 6.23. The molecule has 3 aromatic rings. The molecule has 0 aliphatic carbocycles. The molecule has 0 fully saturated rings. The van der Waals surface area contributed by atoms with E-state index in [9.17, 15) is 28.9 Å². The second kappa shape index (κ2) is 7.28. The minimum absolute atomic E-state index is 0.0219. The Kier molecular flexibility index (Phi) is 4.73. The van der Waals surface area contributed by atoms with Crippen molar-refractivity contribution in [1.82, 2.24) is 9.47 Å². The number of fused-ring (bicyclic) bond motifs is 1. The molecule has 2 amide bonds. The molecule has 0 atom stereocenters. The number of imide groups is 1. The number of aromatic nitrogens is 1. The van der Waals surface area contributed by atoms with Crippen molar-refractivity contribution in [2.24, 2.45) is 0 Å². The second-order valence-corrected chi connectivity index (χ2v) is 7.21. The van der Waals surface area contributed by atoms with Gasteiger partial charge in [-0.05, 0) is 44.2 Å². The van der Waals surface area contributed by atoms with Gasteiger partial charge in [0, 0.05) is 34.8 Å². The first-order chi connectivity index (χ1) is 14.7. The number of amides is 2. The van der Waals surface area contributed by atoms with Crippen LogP contribution in [-0.2, 0) is 0 Å². The molecule has 2 heterocycles. The third-order valence-corrected chi connectivity index (χ3v) is 5.26. The summed E-state index contributed by atoms with van der Waals surface area (Å²) in [4.78, 5) is 49.3. The molecule has 1 aliphatic heterocycles. The Labute approximate surface area is 175 Å². The Morgan fingerprint density at radius 3 is 2.42 bits per heavy atom. The summed E-state index contributed by atoms with van der Waals surface area (Å²) in [5, 5.41) is 11.0. The Bertz CT molecular complexity index is 1290. The number of nitro groups is 1. The van der Waals surface area contributed by atoms with E-state index >= 15 is 0 Å². The van der Waals surface area contributed by atoms with Gasteiger partial charge in [-0.1, -0.05) is 6.07 Å². The maximum Gasteiger partial charge on any atom is 0.270 e. The van der Waals surface area contributed by atoms with E-state index in [1.807, 2.05) is 0 Å². The van der Waals surface area contributed by atoms with Crippen LogP contribution in [0.1, 0.15) is 42.5 Å². The standard InChI is InChI=1S/C22H16FN3O5/c1-12-8-18(13(2)25(12)15-5-3-4-14(23)9-15)20(27)11-24-21(28)17-7-6-16(26(30)31)10-19(17)22(24)29/h3-10H,11H2,1-2H3. The quantitative estimate of drug-likeness (QED) is 0.271. The van der Waals surface area contributed by atoms with Crippen LogP contribution in [0.2, 0.25) is 0 Å². The zero-order chi connectivity index (χ0) is 22.4. The molecule has 156 valence electrons. The fourth-order valence-electron chi connectivity index (χ4n) is 3.82. The smallest absolute Gasteiger partial charge is 0.270 e. The van der Waals surface area contributed by atoms with Crippen LogP contribution in [0.15, 0.2) is 48.5 Å². The fraction of sp³-hybridized carbons (Fsp3) is 0.136. The lowest BCUT2D eigenvalue weighted by Gasteiger charge is -2.13. The molecule has 0 unspecified atom stereocenters. The van der Waals surface area contributed by atoms with Crippen LogP contribution in [0.5, 0.6) is 0 Å². The monoisotopic (exact) mass is 421 g/mol. The largest absolute Gasteiger partial charge is 0.318 e. The van der Waals surface area contributed by atoms with E-state index in [0.717, 1.165) is 17.0 Å². The molecule has 1 aliphatic rings. The highest BCUT2D eigenvalue weighted by Gasteiger charge is 2.38. The Balaban J connectivity index is 1.63. The van der Waals surface area contributed by atoms with E-state index in [2.05, 4.69) is 0 Å². The molecule has 8 nitrogen and oxygen atoms in total. The van der Waals surface area contributed by atoms with Gasteiger partial charge in [-0.25, -0.2) is 4.39 Å². The first kappa shape index (κ1) is 20.1. The van der Waals surface area contributed by atoms with Gasteiger partial charge in [0.05, 0.1) is 22.6 Å². The lowest BCUT2D eigenvalue weighted by molar-refractivity contribution is -0.384. The molecule has 4 rings (SSSR count). The van der Waals surface area contributed by atoms with Gasteiger partial charge in [-0.3, -0.25) is 29.4 Å². The summed E-state index contributed by atoms with van der Waals surface area (Å²) < 4.78 is 15.4. The number of carbonyl (C=O) groups is 3. The molecule has 0 saturated heterocycles. The number of non-ortho nitro benzene ring substituents is 1. The zero-order valence-electron chi connectivity index (χ0n) is 16.6. The van der Waals surface area contributed by atoms with Crippen molar-refractivity contribution in [3.8, 4) is 5.69 Å². The van der Waals surface area contributed by atoms with E-state index in [4.69, 9.17) is 0 Å². The normalized spacial score (nSPS) is 12.9. The Hall–Kier alpha value is -4.14. The maximum absolute atomic E-state index is 13.6. The molecule has 1 aromatic heterocycles. The van der Waals surface area contributed by atoms with Crippen molar-refractivity contribution in [2.75, 3.05) is 6.54 Å². The van der Waals surface area contributed by atoms with Crippen LogP contribution in [0.3, 0.4) is 0 Å². The molecule has 2 aromatic carbocycles. The highest BCUT2D eigenvalue weighted by Crippen LogP contribution is 2.28. The number of aryl methyl sites for hydroxylation is 1. The van der Waals surface area contributed by atoms with Gasteiger partial charge >= 0.3 is 0 Å². The van der Waals surface area contributed by atoms with Crippen LogP contribution in [0, 0.1) is 29.8 Å². The number of Topliss-reactive ketones (excluding diaryl/α,β-unsaturated/α-hetero) is 1. The number of nitrogens with zero attached hydrogens (tertiary/aromatic N) is 3. The summed E-state index contributed by atoms with van der Waals surface area (Å²) in [5.74, 6) is -2.32. The van der Waals surface area contributed by atoms with E-state index < -0.39 is 34.9 Å². The number of hydrogen-bond donors (Lipinski definition) is 0. The van der Waals surface area contributed by atoms with Crippen molar-refractivity contribution in [3.05, 3.63) is 92.5 Å². The van der Waals surface area contributed by atoms with Crippen LogP contribution in [0.25, 0.3) is 5.69 Å². The van der Waals surface area contributed by atoms with Gasteiger partial charge < -0.3 is 4.57 Å². The van der Waals surface area contributed by atoms with Gasteiger partial charge in [0.1, 0.15) is 5.82 Å². The Morgan fingerprint density at radius 1 is 1.03 bits per heavy atom. The number of ketones is 1. The van der Waals surface area contributed by atoms with Gasteiger partial charge in [0.2, 0.25) is 0 Å². The molecule has 31 heavy (non-hydrogen) atoms. The molecule has 0 saturated carbocycles. The maximum atomic E-state index is 13.6. The zero-order valence-corrected chi connectivity index (χ0v) is 16.6. The van der Waals surface area contributed by atoms with Crippen LogP contribution >= 0.6 is 0 Å². The van der Waals surface area contributed by atoms with E-state index in [1.54, 1.807) is 36.6 Å². The van der Waals surface area contributed by atoms with E-state index in [-0.39, 0.29) is 16.8 Å². The number of benzene rings is 2. The minimum atomic E-state index is -0.754. The van der Waals surface area contributed by atoms with Crippen molar-refractivity contribution in [3.63, 3.8) is 0 Å². The molecule has 0 spiro atoms. The number of nitro benzene ring substituents is 1. The lowest BCUT2D eigenvalue weighted by Crippen LogP contribution is -2.35. The fourth-order valence-corrected chi connectivity index (χ4v) is 3.82.